The Morgan fingerprint density at radius 1 is 1.24 bits per heavy atom. The van der Waals surface area contributed by atoms with E-state index in [1.807, 2.05) is 0 Å². The molecule has 0 aromatic heterocycles. The average molecular weight is 229 g/mol. The maximum atomic E-state index is 11.4. The van der Waals surface area contributed by atoms with E-state index in [1.54, 1.807) is 38.1 Å². The van der Waals surface area contributed by atoms with E-state index in [-0.39, 0.29) is 0 Å². The molecule has 0 aliphatic carbocycles. The van der Waals surface area contributed by atoms with Crippen molar-refractivity contribution in [3.8, 4) is 6.07 Å². The molecule has 0 spiro atoms. The monoisotopic (exact) mass is 229 g/mol. The van der Waals surface area contributed by atoms with E-state index in [4.69, 9.17) is 14.7 Å². The average Bonchev–Trinajstić information content (AvgIpc) is 2.26. The van der Waals surface area contributed by atoms with Gasteiger partial charge in [-0.25, -0.2) is 4.79 Å². The maximum Gasteiger partial charge on any atom is 0.337 e. The summed E-state index contributed by atoms with van der Waals surface area (Å²) in [4.78, 5) is 11.4. The number of rotatable bonds is 1. The van der Waals surface area contributed by atoms with Crippen LogP contribution in [0.4, 0.5) is 0 Å². The Hall–Kier alpha value is -2.28. The van der Waals surface area contributed by atoms with Crippen molar-refractivity contribution in [2.24, 2.45) is 0 Å². The number of hydrogen-bond donors (Lipinski definition) is 0. The molecule has 0 amide bonds. The summed E-state index contributed by atoms with van der Waals surface area (Å²) >= 11 is 0. The molecule has 2 rings (SSSR count). The lowest BCUT2D eigenvalue weighted by Gasteiger charge is -2.30. The molecular weight excluding hydrogens is 218 g/mol. The number of nitriles is 1. The van der Waals surface area contributed by atoms with Crippen molar-refractivity contribution in [3.05, 3.63) is 41.5 Å². The first-order chi connectivity index (χ1) is 8.02. The first-order valence-electron chi connectivity index (χ1n) is 5.15. The van der Waals surface area contributed by atoms with Gasteiger partial charge in [-0.15, -0.1) is 0 Å². The quantitative estimate of drug-likeness (QED) is 0.693. The summed E-state index contributed by atoms with van der Waals surface area (Å²) in [5.41, 5.74) is 1.06. The zero-order chi connectivity index (χ0) is 12.5. The molecule has 86 valence electrons. The second-order valence-corrected chi connectivity index (χ2v) is 4.09. The normalized spacial score (nSPS) is 17.5. The summed E-state index contributed by atoms with van der Waals surface area (Å²) in [6.07, 6.45) is 1.25. The molecular formula is C13H11NO3. The predicted octanol–water partition coefficient (Wildman–Crippen LogP) is 2.21. The van der Waals surface area contributed by atoms with E-state index in [2.05, 4.69) is 6.07 Å². The van der Waals surface area contributed by atoms with E-state index < -0.39 is 11.8 Å². The molecule has 1 aromatic rings. The zero-order valence-corrected chi connectivity index (χ0v) is 9.56. The van der Waals surface area contributed by atoms with Gasteiger partial charge in [0.15, 0.2) is 0 Å². The minimum atomic E-state index is -1.01. The van der Waals surface area contributed by atoms with Crippen LogP contribution in [0, 0.1) is 11.3 Å². The lowest BCUT2D eigenvalue weighted by molar-refractivity contribution is -0.193. The summed E-state index contributed by atoms with van der Waals surface area (Å²) in [5.74, 6) is -1.11. The lowest BCUT2D eigenvalue weighted by Crippen LogP contribution is -2.33. The third-order valence-electron chi connectivity index (χ3n) is 2.26. The summed E-state index contributed by atoms with van der Waals surface area (Å²) < 4.78 is 10.5. The molecule has 0 unspecified atom stereocenters. The molecule has 4 heteroatoms. The SMILES string of the molecule is CC1(C)OC(=O)C=C(c2ccccc2C#N)O1. The van der Waals surface area contributed by atoms with Gasteiger partial charge in [-0.05, 0) is 12.1 Å². The van der Waals surface area contributed by atoms with Crippen molar-refractivity contribution in [3.63, 3.8) is 0 Å². The zero-order valence-electron chi connectivity index (χ0n) is 9.56. The molecule has 0 fully saturated rings. The van der Waals surface area contributed by atoms with Crippen LogP contribution < -0.4 is 0 Å². The largest absolute Gasteiger partial charge is 0.452 e. The summed E-state index contributed by atoms with van der Waals surface area (Å²) in [7, 11) is 0. The van der Waals surface area contributed by atoms with Gasteiger partial charge in [0.05, 0.1) is 17.7 Å². The van der Waals surface area contributed by atoms with Crippen LogP contribution in [0.2, 0.25) is 0 Å². The number of hydrogen-bond acceptors (Lipinski definition) is 4. The van der Waals surface area contributed by atoms with Crippen LogP contribution in [0.3, 0.4) is 0 Å². The van der Waals surface area contributed by atoms with Crippen LogP contribution in [0.5, 0.6) is 0 Å². The Morgan fingerprint density at radius 2 is 1.94 bits per heavy atom. The number of carbonyl (C=O) groups excluding carboxylic acids is 1. The highest BCUT2D eigenvalue weighted by molar-refractivity contribution is 5.91. The standard InChI is InChI=1S/C13H11NO3/c1-13(2)16-11(7-12(15)17-13)10-6-4-3-5-9(10)8-14/h3-7H,1-2H3. The van der Waals surface area contributed by atoms with Crippen molar-refractivity contribution in [2.75, 3.05) is 0 Å². The third kappa shape index (κ3) is 2.28. The van der Waals surface area contributed by atoms with E-state index in [0.29, 0.717) is 16.9 Å². The molecule has 1 aliphatic heterocycles. The Balaban J connectivity index is 2.47. The van der Waals surface area contributed by atoms with Crippen LogP contribution in [-0.4, -0.2) is 11.8 Å². The molecule has 0 saturated carbocycles. The van der Waals surface area contributed by atoms with Crippen molar-refractivity contribution in [1.82, 2.24) is 0 Å². The second kappa shape index (κ2) is 3.95. The smallest absolute Gasteiger partial charge is 0.337 e. The number of ether oxygens (including phenoxy) is 2. The minimum absolute atomic E-state index is 0.364. The summed E-state index contributed by atoms with van der Waals surface area (Å²) in [6.45, 7) is 3.29. The highest BCUT2D eigenvalue weighted by Crippen LogP contribution is 2.30. The van der Waals surface area contributed by atoms with Gasteiger partial charge in [-0.1, -0.05) is 12.1 Å². The van der Waals surface area contributed by atoms with Gasteiger partial charge in [0.2, 0.25) is 5.79 Å². The van der Waals surface area contributed by atoms with Crippen molar-refractivity contribution < 1.29 is 14.3 Å². The molecule has 0 radical (unpaired) electrons. The van der Waals surface area contributed by atoms with Gasteiger partial charge in [0.25, 0.3) is 0 Å². The van der Waals surface area contributed by atoms with Crippen LogP contribution in [-0.2, 0) is 14.3 Å². The van der Waals surface area contributed by atoms with Gasteiger partial charge in [-0.2, -0.15) is 5.26 Å². The molecule has 0 saturated heterocycles. The van der Waals surface area contributed by atoms with E-state index >= 15 is 0 Å². The van der Waals surface area contributed by atoms with Gasteiger partial charge in [-0.3, -0.25) is 0 Å². The summed E-state index contributed by atoms with van der Waals surface area (Å²) in [6, 6.07) is 9.01. The van der Waals surface area contributed by atoms with Gasteiger partial charge in [0.1, 0.15) is 5.76 Å². The molecule has 1 aliphatic rings. The molecule has 1 aromatic carbocycles. The topological polar surface area (TPSA) is 59.3 Å². The molecule has 4 nitrogen and oxygen atoms in total. The summed E-state index contributed by atoms with van der Waals surface area (Å²) in [5, 5.41) is 9.00. The first kappa shape index (κ1) is 11.2. The minimum Gasteiger partial charge on any atom is -0.452 e. The van der Waals surface area contributed by atoms with Crippen LogP contribution in [0.25, 0.3) is 5.76 Å². The van der Waals surface area contributed by atoms with Crippen LogP contribution >= 0.6 is 0 Å². The highest BCUT2D eigenvalue weighted by Gasteiger charge is 2.31. The number of benzene rings is 1. The fourth-order valence-electron chi connectivity index (χ4n) is 1.62. The molecule has 0 bridgehead atoms. The fourth-order valence-corrected chi connectivity index (χ4v) is 1.62. The van der Waals surface area contributed by atoms with Crippen molar-refractivity contribution in [2.45, 2.75) is 19.6 Å². The Kier molecular flexibility index (Phi) is 2.60. The van der Waals surface area contributed by atoms with Gasteiger partial charge < -0.3 is 9.47 Å². The van der Waals surface area contributed by atoms with Gasteiger partial charge >= 0.3 is 5.97 Å². The fraction of sp³-hybridized carbons (Fsp3) is 0.231. The Labute approximate surface area is 99.1 Å². The number of nitrogens with zero attached hydrogens (tertiary/aromatic N) is 1. The van der Waals surface area contributed by atoms with E-state index in [0.717, 1.165) is 0 Å². The van der Waals surface area contributed by atoms with Crippen LogP contribution in [0.15, 0.2) is 30.3 Å². The Bertz CT molecular complexity index is 538. The first-order valence-corrected chi connectivity index (χ1v) is 5.15. The van der Waals surface area contributed by atoms with Crippen molar-refractivity contribution in [1.29, 1.82) is 5.26 Å². The number of cyclic esters (lactones) is 1. The molecule has 0 N–H and O–H groups in total. The molecule has 1 heterocycles. The highest BCUT2D eigenvalue weighted by atomic mass is 16.7. The lowest BCUT2D eigenvalue weighted by atomic mass is 10.1. The third-order valence-corrected chi connectivity index (χ3v) is 2.26. The maximum absolute atomic E-state index is 11.4. The van der Waals surface area contributed by atoms with Crippen LogP contribution in [0.1, 0.15) is 25.0 Å². The van der Waals surface area contributed by atoms with E-state index in [9.17, 15) is 4.79 Å². The predicted molar refractivity (Wildman–Crippen MR) is 60.4 cm³/mol. The van der Waals surface area contributed by atoms with Crippen molar-refractivity contribution >= 4 is 11.7 Å². The number of carbonyl (C=O) groups is 1. The second-order valence-electron chi connectivity index (χ2n) is 4.09. The van der Waals surface area contributed by atoms with E-state index in [1.165, 1.54) is 6.08 Å². The Morgan fingerprint density at radius 3 is 2.59 bits per heavy atom. The number of esters is 1. The van der Waals surface area contributed by atoms with Gasteiger partial charge in [0, 0.05) is 19.4 Å². The molecule has 17 heavy (non-hydrogen) atoms. The molecule has 0 atom stereocenters.